The van der Waals surface area contributed by atoms with E-state index < -0.39 is 0 Å². The smallest absolute Gasteiger partial charge is 0.161 e. The third-order valence-electron chi connectivity index (χ3n) is 3.54. The van der Waals surface area contributed by atoms with E-state index in [2.05, 4.69) is 13.0 Å². The molecule has 0 unspecified atom stereocenters. The van der Waals surface area contributed by atoms with Crippen LogP contribution in [0.2, 0.25) is 0 Å². The number of benzene rings is 1. The van der Waals surface area contributed by atoms with Gasteiger partial charge >= 0.3 is 0 Å². The molecule has 90 valence electrons. The second kappa shape index (κ2) is 4.29. The quantitative estimate of drug-likeness (QED) is 0.803. The fourth-order valence-corrected chi connectivity index (χ4v) is 2.66. The molecular weight excluding hydrogens is 214 g/mol. The molecule has 0 aromatic heterocycles. The molecule has 1 aliphatic rings. The Kier molecular flexibility index (Phi) is 2.97. The van der Waals surface area contributed by atoms with Crippen LogP contribution in [-0.2, 0) is 5.41 Å². The van der Waals surface area contributed by atoms with Crippen molar-refractivity contribution in [3.8, 4) is 17.6 Å². The number of rotatable bonds is 3. The molecule has 17 heavy (non-hydrogen) atoms. The highest BCUT2D eigenvalue weighted by Crippen LogP contribution is 2.48. The Morgan fingerprint density at radius 1 is 1.24 bits per heavy atom. The van der Waals surface area contributed by atoms with E-state index in [-0.39, 0.29) is 5.41 Å². The number of nitrogens with zero attached hydrogens (tertiary/aromatic N) is 1. The van der Waals surface area contributed by atoms with Crippen LogP contribution in [0.25, 0.3) is 0 Å². The van der Waals surface area contributed by atoms with Gasteiger partial charge in [0.2, 0.25) is 0 Å². The van der Waals surface area contributed by atoms with E-state index in [9.17, 15) is 5.26 Å². The fourth-order valence-electron chi connectivity index (χ4n) is 2.66. The van der Waals surface area contributed by atoms with Crippen molar-refractivity contribution in [2.24, 2.45) is 5.92 Å². The third kappa shape index (κ3) is 1.84. The Hall–Kier alpha value is -1.69. The SMILES string of the molecule is COc1ccc(C2(C#N)CC(C)C2)cc1OC. The first-order chi connectivity index (χ1) is 8.15. The topological polar surface area (TPSA) is 42.2 Å². The lowest BCUT2D eigenvalue weighted by atomic mass is 9.60. The van der Waals surface area contributed by atoms with Crippen LogP contribution < -0.4 is 9.47 Å². The van der Waals surface area contributed by atoms with E-state index >= 15 is 0 Å². The molecule has 1 fully saturated rings. The average molecular weight is 231 g/mol. The summed E-state index contributed by atoms with van der Waals surface area (Å²) in [5.41, 5.74) is 0.717. The maximum Gasteiger partial charge on any atom is 0.161 e. The minimum Gasteiger partial charge on any atom is -0.493 e. The van der Waals surface area contributed by atoms with Gasteiger partial charge in [-0.1, -0.05) is 13.0 Å². The van der Waals surface area contributed by atoms with Crippen LogP contribution in [0.5, 0.6) is 11.5 Å². The molecule has 0 bridgehead atoms. The largest absolute Gasteiger partial charge is 0.493 e. The zero-order valence-corrected chi connectivity index (χ0v) is 10.5. The van der Waals surface area contributed by atoms with Gasteiger partial charge in [0.1, 0.15) is 0 Å². The highest BCUT2D eigenvalue weighted by molar-refractivity contribution is 5.48. The molecule has 0 spiro atoms. The van der Waals surface area contributed by atoms with Gasteiger partial charge in [-0.15, -0.1) is 0 Å². The Morgan fingerprint density at radius 2 is 1.88 bits per heavy atom. The monoisotopic (exact) mass is 231 g/mol. The Bertz CT molecular complexity index is 456. The molecule has 1 aliphatic carbocycles. The molecule has 0 amide bonds. The number of methoxy groups -OCH3 is 2. The van der Waals surface area contributed by atoms with Crippen LogP contribution in [0, 0.1) is 17.2 Å². The van der Waals surface area contributed by atoms with Gasteiger partial charge in [0.25, 0.3) is 0 Å². The van der Waals surface area contributed by atoms with Crippen molar-refractivity contribution in [2.75, 3.05) is 14.2 Å². The van der Waals surface area contributed by atoms with E-state index in [0.29, 0.717) is 17.4 Å². The molecule has 0 radical (unpaired) electrons. The predicted molar refractivity (Wildman–Crippen MR) is 65.2 cm³/mol. The number of nitriles is 1. The summed E-state index contributed by atoms with van der Waals surface area (Å²) in [7, 11) is 3.23. The summed E-state index contributed by atoms with van der Waals surface area (Å²) in [6.45, 7) is 2.18. The standard InChI is InChI=1S/C14H17NO2/c1-10-7-14(8-10,9-15)11-4-5-12(16-2)13(6-11)17-3/h4-6,10H,7-8H2,1-3H3. The number of ether oxygens (including phenoxy) is 2. The Labute approximate surface area is 102 Å². The van der Waals surface area contributed by atoms with Gasteiger partial charge in [-0.3, -0.25) is 0 Å². The normalized spacial score (nSPS) is 26.8. The van der Waals surface area contributed by atoms with Gasteiger partial charge < -0.3 is 9.47 Å². The second-order valence-electron chi connectivity index (χ2n) is 4.78. The summed E-state index contributed by atoms with van der Waals surface area (Å²) in [6.07, 6.45) is 1.86. The van der Waals surface area contributed by atoms with Crippen molar-refractivity contribution in [2.45, 2.75) is 25.2 Å². The molecule has 0 heterocycles. The molecule has 2 rings (SSSR count). The van der Waals surface area contributed by atoms with Gasteiger partial charge in [-0.25, -0.2) is 0 Å². The lowest BCUT2D eigenvalue weighted by molar-refractivity contribution is 0.216. The predicted octanol–water partition coefficient (Wildman–Crippen LogP) is 2.90. The minimum atomic E-state index is -0.320. The molecule has 1 saturated carbocycles. The van der Waals surface area contributed by atoms with Crippen LogP contribution in [0.3, 0.4) is 0 Å². The summed E-state index contributed by atoms with van der Waals surface area (Å²) < 4.78 is 10.5. The Morgan fingerprint density at radius 3 is 2.35 bits per heavy atom. The van der Waals surface area contributed by atoms with Crippen LogP contribution in [0.15, 0.2) is 18.2 Å². The lowest BCUT2D eigenvalue weighted by Crippen LogP contribution is -2.38. The molecule has 0 aliphatic heterocycles. The Balaban J connectivity index is 2.37. The molecule has 0 saturated heterocycles. The van der Waals surface area contributed by atoms with E-state index in [1.165, 1.54) is 0 Å². The number of hydrogen-bond acceptors (Lipinski definition) is 3. The van der Waals surface area contributed by atoms with Crippen molar-refractivity contribution < 1.29 is 9.47 Å². The maximum absolute atomic E-state index is 9.38. The van der Waals surface area contributed by atoms with E-state index in [1.54, 1.807) is 14.2 Å². The zero-order chi connectivity index (χ0) is 12.5. The van der Waals surface area contributed by atoms with Crippen LogP contribution in [-0.4, -0.2) is 14.2 Å². The lowest BCUT2D eigenvalue weighted by Gasteiger charge is -2.41. The molecular formula is C14H17NO2. The average Bonchev–Trinajstić information content (AvgIpc) is 2.33. The minimum absolute atomic E-state index is 0.320. The highest BCUT2D eigenvalue weighted by atomic mass is 16.5. The van der Waals surface area contributed by atoms with E-state index in [1.807, 2.05) is 18.2 Å². The highest BCUT2D eigenvalue weighted by Gasteiger charge is 2.44. The molecule has 3 heteroatoms. The summed E-state index contributed by atoms with van der Waals surface area (Å²) in [5.74, 6) is 2.03. The van der Waals surface area contributed by atoms with Crippen LogP contribution in [0.1, 0.15) is 25.3 Å². The molecule has 3 nitrogen and oxygen atoms in total. The molecule has 0 atom stereocenters. The van der Waals surface area contributed by atoms with Crippen molar-refractivity contribution in [3.63, 3.8) is 0 Å². The maximum atomic E-state index is 9.38. The summed E-state index contributed by atoms with van der Waals surface area (Å²) in [4.78, 5) is 0. The third-order valence-corrected chi connectivity index (χ3v) is 3.54. The van der Waals surface area contributed by atoms with Gasteiger partial charge in [-0.05, 0) is 36.5 Å². The van der Waals surface area contributed by atoms with Crippen molar-refractivity contribution >= 4 is 0 Å². The fraction of sp³-hybridized carbons (Fsp3) is 0.500. The summed E-state index contributed by atoms with van der Waals surface area (Å²) >= 11 is 0. The van der Waals surface area contributed by atoms with Crippen LogP contribution in [0.4, 0.5) is 0 Å². The van der Waals surface area contributed by atoms with Crippen molar-refractivity contribution in [1.29, 1.82) is 5.26 Å². The van der Waals surface area contributed by atoms with E-state index in [0.717, 1.165) is 18.4 Å². The van der Waals surface area contributed by atoms with E-state index in [4.69, 9.17) is 9.47 Å². The van der Waals surface area contributed by atoms with Gasteiger partial charge in [-0.2, -0.15) is 5.26 Å². The number of hydrogen-bond donors (Lipinski definition) is 0. The van der Waals surface area contributed by atoms with Gasteiger partial charge in [0.05, 0.1) is 25.7 Å². The molecule has 0 N–H and O–H groups in total. The van der Waals surface area contributed by atoms with Gasteiger partial charge in [0, 0.05) is 0 Å². The first-order valence-electron chi connectivity index (χ1n) is 5.79. The molecule has 1 aromatic carbocycles. The van der Waals surface area contributed by atoms with Crippen molar-refractivity contribution in [1.82, 2.24) is 0 Å². The summed E-state index contributed by atoms with van der Waals surface area (Å²) in [6, 6.07) is 8.22. The zero-order valence-electron chi connectivity index (χ0n) is 10.5. The second-order valence-corrected chi connectivity index (χ2v) is 4.78. The molecule has 1 aromatic rings. The summed E-state index contributed by atoms with van der Waals surface area (Å²) in [5, 5.41) is 9.38. The van der Waals surface area contributed by atoms with Crippen LogP contribution >= 0.6 is 0 Å². The first kappa shape index (κ1) is 11.8. The first-order valence-corrected chi connectivity index (χ1v) is 5.79. The van der Waals surface area contributed by atoms with Gasteiger partial charge in [0.15, 0.2) is 11.5 Å². The van der Waals surface area contributed by atoms with Crippen molar-refractivity contribution in [3.05, 3.63) is 23.8 Å².